The lowest BCUT2D eigenvalue weighted by atomic mass is 10.1. The Morgan fingerprint density at radius 2 is 1.76 bits per heavy atom. The third kappa shape index (κ3) is 10.5. The third-order valence-corrected chi connectivity index (χ3v) is 3.91. The van der Waals surface area contributed by atoms with Crippen molar-refractivity contribution in [2.45, 2.75) is 31.9 Å². The molecule has 2 atom stereocenters. The van der Waals surface area contributed by atoms with Gasteiger partial charge in [-0.25, -0.2) is 9.59 Å². The fourth-order valence-electron chi connectivity index (χ4n) is 1.81. The minimum atomic E-state index is -1.82. The summed E-state index contributed by atoms with van der Waals surface area (Å²) in [6, 6.07) is 4.74. The summed E-state index contributed by atoms with van der Waals surface area (Å²) in [5.74, 6) is -2.87. The Hall–Kier alpha value is -1.97. The van der Waals surface area contributed by atoms with Crippen LogP contribution in [0.25, 0.3) is 0 Å². The lowest BCUT2D eigenvalue weighted by Crippen LogP contribution is -2.30. The second-order valence-electron chi connectivity index (χ2n) is 5.32. The second kappa shape index (κ2) is 12.4. The zero-order chi connectivity index (χ0) is 19.4. The molecular formula is C16H25NO7S. The molecule has 0 saturated heterocycles. The summed E-state index contributed by atoms with van der Waals surface area (Å²) in [6.45, 7) is 2.53. The third-order valence-electron chi connectivity index (χ3n) is 3.21. The number of aliphatic hydroxyl groups excluding tert-OH is 1. The molecule has 0 aliphatic rings. The minimum absolute atomic E-state index is 0.172. The lowest BCUT2D eigenvalue weighted by Gasteiger charge is -2.17. The van der Waals surface area contributed by atoms with E-state index in [0.717, 1.165) is 18.6 Å². The van der Waals surface area contributed by atoms with Crippen molar-refractivity contribution in [3.05, 3.63) is 23.8 Å². The van der Waals surface area contributed by atoms with Gasteiger partial charge in [0.1, 0.15) is 0 Å². The van der Waals surface area contributed by atoms with Gasteiger partial charge in [-0.1, -0.05) is 6.07 Å². The molecule has 25 heavy (non-hydrogen) atoms. The normalized spacial score (nSPS) is 12.6. The topological polar surface area (TPSA) is 147 Å². The molecule has 142 valence electrons. The number of carbonyl (C=O) groups is 2. The first-order chi connectivity index (χ1) is 11.7. The number of thioether (sulfide) groups is 1. The Kier molecular flexibility index (Phi) is 11.4. The molecule has 1 aromatic rings. The fourth-order valence-corrected chi connectivity index (χ4v) is 2.27. The van der Waals surface area contributed by atoms with Crippen molar-refractivity contribution in [3.63, 3.8) is 0 Å². The van der Waals surface area contributed by atoms with Crippen LogP contribution in [0, 0.1) is 0 Å². The SMILES string of the molecule is CSCCCC(C)NCC(O)c1ccc(O)c(O)c1.O=C(O)C(=O)O. The van der Waals surface area contributed by atoms with Crippen molar-refractivity contribution in [1.82, 2.24) is 5.32 Å². The van der Waals surface area contributed by atoms with Gasteiger partial charge in [0, 0.05) is 12.6 Å². The number of hydrogen-bond acceptors (Lipinski definition) is 7. The van der Waals surface area contributed by atoms with Gasteiger partial charge in [-0.3, -0.25) is 0 Å². The number of aromatic hydroxyl groups is 2. The first-order valence-electron chi connectivity index (χ1n) is 7.57. The van der Waals surface area contributed by atoms with Crippen molar-refractivity contribution in [2.75, 3.05) is 18.6 Å². The smallest absolute Gasteiger partial charge is 0.414 e. The highest BCUT2D eigenvalue weighted by Crippen LogP contribution is 2.27. The van der Waals surface area contributed by atoms with Crippen LogP contribution in [0.3, 0.4) is 0 Å². The van der Waals surface area contributed by atoms with Crippen LogP contribution in [-0.4, -0.2) is 62.1 Å². The molecule has 0 aliphatic carbocycles. The predicted molar refractivity (Wildman–Crippen MR) is 95.1 cm³/mol. The zero-order valence-corrected chi connectivity index (χ0v) is 15.0. The quantitative estimate of drug-likeness (QED) is 0.225. The summed E-state index contributed by atoms with van der Waals surface area (Å²) in [5.41, 5.74) is 0.596. The molecule has 2 unspecified atom stereocenters. The maximum atomic E-state index is 10.00. The monoisotopic (exact) mass is 375 g/mol. The fraction of sp³-hybridized carbons (Fsp3) is 0.500. The molecule has 0 heterocycles. The van der Waals surface area contributed by atoms with E-state index < -0.39 is 18.0 Å². The number of carboxylic acids is 2. The predicted octanol–water partition coefficient (Wildman–Crippen LogP) is 1.41. The molecule has 0 radical (unpaired) electrons. The lowest BCUT2D eigenvalue weighted by molar-refractivity contribution is -0.159. The molecule has 1 aromatic carbocycles. The number of benzene rings is 1. The minimum Gasteiger partial charge on any atom is -0.504 e. The average molecular weight is 375 g/mol. The van der Waals surface area contributed by atoms with Crippen molar-refractivity contribution >= 4 is 23.7 Å². The molecule has 0 amide bonds. The molecule has 0 aliphatic heterocycles. The van der Waals surface area contributed by atoms with E-state index in [-0.39, 0.29) is 11.5 Å². The van der Waals surface area contributed by atoms with Gasteiger partial charge in [0.05, 0.1) is 6.10 Å². The Morgan fingerprint density at radius 1 is 1.16 bits per heavy atom. The van der Waals surface area contributed by atoms with Crippen molar-refractivity contribution < 1.29 is 35.1 Å². The van der Waals surface area contributed by atoms with Crippen molar-refractivity contribution in [2.24, 2.45) is 0 Å². The van der Waals surface area contributed by atoms with Crippen molar-refractivity contribution in [3.8, 4) is 11.5 Å². The summed E-state index contributed by atoms with van der Waals surface area (Å²) < 4.78 is 0. The Balaban J connectivity index is 0.000000823. The van der Waals surface area contributed by atoms with E-state index in [9.17, 15) is 15.3 Å². The summed E-state index contributed by atoms with van der Waals surface area (Å²) in [4.78, 5) is 18.2. The number of rotatable bonds is 8. The Labute approximate surface area is 150 Å². The summed E-state index contributed by atoms with van der Waals surface area (Å²) >= 11 is 1.84. The van der Waals surface area contributed by atoms with E-state index in [0.29, 0.717) is 18.2 Å². The highest BCUT2D eigenvalue weighted by molar-refractivity contribution is 7.98. The standard InChI is InChI=1S/C14H23NO3S.C2H2O4/c1-10(4-3-7-19-2)15-9-14(18)11-5-6-12(16)13(17)8-11;3-1(4)2(5)6/h5-6,8,10,14-18H,3-4,7,9H2,1-2H3;(H,3,4)(H,5,6). The van der Waals surface area contributed by atoms with E-state index in [1.165, 1.54) is 12.1 Å². The van der Waals surface area contributed by atoms with Crippen LogP contribution in [0.5, 0.6) is 11.5 Å². The first-order valence-corrected chi connectivity index (χ1v) is 8.96. The van der Waals surface area contributed by atoms with E-state index in [1.54, 1.807) is 6.07 Å². The number of aliphatic hydroxyl groups is 1. The number of phenolic OH excluding ortho intramolecular Hbond substituents is 2. The van der Waals surface area contributed by atoms with Gasteiger partial charge in [-0.2, -0.15) is 11.8 Å². The summed E-state index contributed by atoms with van der Waals surface area (Å²) in [7, 11) is 0. The van der Waals surface area contributed by atoms with Gasteiger partial charge < -0.3 is 30.8 Å². The second-order valence-corrected chi connectivity index (χ2v) is 6.30. The van der Waals surface area contributed by atoms with Gasteiger partial charge >= 0.3 is 11.9 Å². The number of phenols is 2. The maximum absolute atomic E-state index is 10.00. The van der Waals surface area contributed by atoms with Crippen molar-refractivity contribution in [1.29, 1.82) is 0 Å². The molecule has 1 rings (SSSR count). The van der Waals surface area contributed by atoms with Gasteiger partial charge in [-0.05, 0) is 49.5 Å². The van der Waals surface area contributed by atoms with Crippen LogP contribution in [0.2, 0.25) is 0 Å². The maximum Gasteiger partial charge on any atom is 0.414 e. The first kappa shape index (κ1) is 23.0. The number of hydrogen-bond donors (Lipinski definition) is 6. The Morgan fingerprint density at radius 3 is 2.24 bits per heavy atom. The number of nitrogens with one attached hydrogen (secondary N) is 1. The van der Waals surface area contributed by atoms with E-state index in [4.69, 9.17) is 19.8 Å². The van der Waals surface area contributed by atoms with Crippen LogP contribution in [0.1, 0.15) is 31.4 Å². The van der Waals surface area contributed by atoms with E-state index in [1.807, 2.05) is 11.8 Å². The van der Waals surface area contributed by atoms with Crippen LogP contribution in [0.4, 0.5) is 0 Å². The number of carboxylic acid groups (broad SMARTS) is 2. The molecule has 0 fully saturated rings. The molecule has 8 nitrogen and oxygen atoms in total. The van der Waals surface area contributed by atoms with Gasteiger partial charge in [0.15, 0.2) is 11.5 Å². The van der Waals surface area contributed by atoms with Crippen LogP contribution in [0.15, 0.2) is 18.2 Å². The highest BCUT2D eigenvalue weighted by atomic mass is 32.2. The van der Waals surface area contributed by atoms with Gasteiger partial charge in [0.2, 0.25) is 0 Å². The molecule has 0 spiro atoms. The Bertz CT molecular complexity index is 541. The molecule has 0 saturated carbocycles. The van der Waals surface area contributed by atoms with Gasteiger partial charge in [0.25, 0.3) is 0 Å². The van der Waals surface area contributed by atoms with Crippen LogP contribution < -0.4 is 5.32 Å². The molecule has 0 bridgehead atoms. The van der Waals surface area contributed by atoms with E-state index in [2.05, 4.69) is 18.5 Å². The summed E-state index contributed by atoms with van der Waals surface area (Å²) in [6.07, 6.45) is 3.65. The van der Waals surface area contributed by atoms with Crippen LogP contribution >= 0.6 is 11.8 Å². The largest absolute Gasteiger partial charge is 0.504 e. The number of aliphatic carboxylic acids is 2. The molecule has 6 N–H and O–H groups in total. The van der Waals surface area contributed by atoms with Gasteiger partial charge in [-0.15, -0.1) is 0 Å². The average Bonchev–Trinajstić information content (AvgIpc) is 2.56. The highest BCUT2D eigenvalue weighted by Gasteiger charge is 2.11. The summed E-state index contributed by atoms with van der Waals surface area (Å²) in [5, 5.41) is 46.7. The molecular weight excluding hydrogens is 350 g/mol. The zero-order valence-electron chi connectivity index (χ0n) is 14.2. The molecule has 9 heteroatoms. The van der Waals surface area contributed by atoms with E-state index >= 15 is 0 Å². The molecule has 0 aromatic heterocycles. The van der Waals surface area contributed by atoms with Crippen LogP contribution in [-0.2, 0) is 9.59 Å².